The molecular formula is C17H16BrN3O3. The summed E-state index contributed by atoms with van der Waals surface area (Å²) in [5.41, 5.74) is 1.61. The SMILES string of the molecule is COc1cc(Nc2ncnc3cc(Br)ccc23)cc(OC)c1OC. The number of nitrogens with zero attached hydrogens (tertiary/aromatic N) is 2. The Balaban J connectivity index is 2.05. The molecule has 24 heavy (non-hydrogen) atoms. The molecule has 0 atom stereocenters. The summed E-state index contributed by atoms with van der Waals surface area (Å²) in [6.07, 6.45) is 1.52. The van der Waals surface area contributed by atoms with Crippen molar-refractivity contribution in [2.45, 2.75) is 0 Å². The fourth-order valence-electron chi connectivity index (χ4n) is 2.42. The van der Waals surface area contributed by atoms with Crippen LogP contribution in [0.3, 0.4) is 0 Å². The van der Waals surface area contributed by atoms with Gasteiger partial charge in [0.15, 0.2) is 11.5 Å². The summed E-state index contributed by atoms with van der Waals surface area (Å²) in [6.45, 7) is 0. The summed E-state index contributed by atoms with van der Waals surface area (Å²) in [5.74, 6) is 2.38. The van der Waals surface area contributed by atoms with Crippen molar-refractivity contribution in [3.05, 3.63) is 41.1 Å². The smallest absolute Gasteiger partial charge is 0.203 e. The number of methoxy groups -OCH3 is 3. The van der Waals surface area contributed by atoms with Crippen molar-refractivity contribution in [2.24, 2.45) is 0 Å². The number of hydrogen-bond donors (Lipinski definition) is 1. The van der Waals surface area contributed by atoms with Crippen LogP contribution in [0.2, 0.25) is 0 Å². The second-order valence-electron chi connectivity index (χ2n) is 4.92. The van der Waals surface area contributed by atoms with Crippen molar-refractivity contribution < 1.29 is 14.2 Å². The fourth-order valence-corrected chi connectivity index (χ4v) is 2.77. The molecule has 0 unspecified atom stereocenters. The van der Waals surface area contributed by atoms with Crippen molar-refractivity contribution in [1.82, 2.24) is 9.97 Å². The molecule has 0 spiro atoms. The van der Waals surface area contributed by atoms with Crippen molar-refractivity contribution in [3.8, 4) is 17.2 Å². The van der Waals surface area contributed by atoms with E-state index in [0.29, 0.717) is 23.1 Å². The van der Waals surface area contributed by atoms with Crippen molar-refractivity contribution in [3.63, 3.8) is 0 Å². The molecule has 0 saturated carbocycles. The standard InChI is InChI=1S/C17H16BrN3O3/c1-22-14-7-11(8-15(23-2)16(14)24-3)21-17-12-5-4-10(18)6-13(12)19-9-20-17/h4-9H,1-3H3,(H,19,20,21). The van der Waals surface area contributed by atoms with Gasteiger partial charge in [-0.2, -0.15) is 0 Å². The van der Waals surface area contributed by atoms with Gasteiger partial charge in [0.1, 0.15) is 12.1 Å². The lowest BCUT2D eigenvalue weighted by Gasteiger charge is -2.15. The first-order valence-corrected chi connectivity index (χ1v) is 7.93. The molecule has 3 aromatic rings. The molecular weight excluding hydrogens is 374 g/mol. The van der Waals surface area contributed by atoms with Crippen LogP contribution in [-0.4, -0.2) is 31.3 Å². The molecule has 6 nitrogen and oxygen atoms in total. The monoisotopic (exact) mass is 389 g/mol. The van der Waals surface area contributed by atoms with Crippen molar-refractivity contribution in [2.75, 3.05) is 26.6 Å². The first-order valence-electron chi connectivity index (χ1n) is 7.13. The van der Waals surface area contributed by atoms with Gasteiger partial charge < -0.3 is 19.5 Å². The third-order valence-corrected chi connectivity index (χ3v) is 4.02. The molecule has 0 aliphatic rings. The number of hydrogen-bond acceptors (Lipinski definition) is 6. The predicted molar refractivity (Wildman–Crippen MR) is 96.6 cm³/mol. The van der Waals surface area contributed by atoms with Gasteiger partial charge in [-0.1, -0.05) is 15.9 Å². The highest BCUT2D eigenvalue weighted by Gasteiger charge is 2.14. The van der Waals surface area contributed by atoms with Gasteiger partial charge >= 0.3 is 0 Å². The molecule has 0 aliphatic carbocycles. The van der Waals surface area contributed by atoms with E-state index in [2.05, 4.69) is 31.2 Å². The quantitative estimate of drug-likeness (QED) is 0.706. The fraction of sp³-hybridized carbons (Fsp3) is 0.176. The van der Waals surface area contributed by atoms with Gasteiger partial charge in [0.05, 0.1) is 26.8 Å². The molecule has 1 heterocycles. The maximum absolute atomic E-state index is 5.38. The third kappa shape index (κ3) is 3.07. The maximum atomic E-state index is 5.38. The number of aromatic nitrogens is 2. The van der Waals surface area contributed by atoms with Crippen LogP contribution in [0.1, 0.15) is 0 Å². The molecule has 2 aromatic carbocycles. The predicted octanol–water partition coefficient (Wildman–Crippen LogP) is 4.16. The van der Waals surface area contributed by atoms with E-state index in [1.165, 1.54) is 6.33 Å². The Morgan fingerprint density at radius 1 is 0.917 bits per heavy atom. The Morgan fingerprint density at radius 2 is 1.62 bits per heavy atom. The zero-order valence-corrected chi connectivity index (χ0v) is 15.0. The van der Waals surface area contributed by atoms with Crippen LogP contribution >= 0.6 is 15.9 Å². The normalized spacial score (nSPS) is 10.5. The van der Waals surface area contributed by atoms with Gasteiger partial charge in [-0.25, -0.2) is 9.97 Å². The minimum absolute atomic E-state index is 0.544. The summed E-state index contributed by atoms with van der Waals surface area (Å²) in [7, 11) is 4.74. The van der Waals surface area contributed by atoms with Gasteiger partial charge in [0, 0.05) is 27.7 Å². The van der Waals surface area contributed by atoms with Crippen LogP contribution in [0.25, 0.3) is 10.9 Å². The number of halogens is 1. The topological polar surface area (TPSA) is 65.5 Å². The average molecular weight is 390 g/mol. The van der Waals surface area contributed by atoms with Crippen LogP contribution in [0.5, 0.6) is 17.2 Å². The van der Waals surface area contributed by atoms with E-state index in [1.807, 2.05) is 30.3 Å². The third-order valence-electron chi connectivity index (χ3n) is 3.53. The van der Waals surface area contributed by atoms with Crippen molar-refractivity contribution in [1.29, 1.82) is 0 Å². The van der Waals surface area contributed by atoms with Gasteiger partial charge in [-0.05, 0) is 18.2 Å². The largest absolute Gasteiger partial charge is 0.493 e. The van der Waals surface area contributed by atoms with Crippen LogP contribution in [0, 0.1) is 0 Å². The number of ether oxygens (including phenoxy) is 3. The Bertz CT molecular complexity index is 861. The number of benzene rings is 2. The minimum atomic E-state index is 0.544. The van der Waals surface area contributed by atoms with E-state index in [0.717, 1.165) is 21.1 Å². The zero-order chi connectivity index (χ0) is 17.1. The van der Waals surface area contributed by atoms with E-state index in [4.69, 9.17) is 14.2 Å². The molecule has 0 fully saturated rings. The first kappa shape index (κ1) is 16.3. The molecule has 1 aromatic heterocycles. The zero-order valence-electron chi connectivity index (χ0n) is 13.5. The Labute approximate surface area is 147 Å². The highest BCUT2D eigenvalue weighted by molar-refractivity contribution is 9.10. The maximum Gasteiger partial charge on any atom is 0.203 e. The van der Waals surface area contributed by atoms with E-state index < -0.39 is 0 Å². The van der Waals surface area contributed by atoms with Gasteiger partial charge in [-0.15, -0.1) is 0 Å². The summed E-state index contributed by atoms with van der Waals surface area (Å²) >= 11 is 3.45. The first-order chi connectivity index (χ1) is 11.7. The number of anilines is 2. The van der Waals surface area contributed by atoms with Gasteiger partial charge in [0.2, 0.25) is 5.75 Å². The number of rotatable bonds is 5. The number of nitrogens with one attached hydrogen (secondary N) is 1. The molecule has 0 radical (unpaired) electrons. The second-order valence-corrected chi connectivity index (χ2v) is 5.84. The molecule has 0 aliphatic heterocycles. The van der Waals surface area contributed by atoms with E-state index in [9.17, 15) is 0 Å². The highest BCUT2D eigenvalue weighted by Crippen LogP contribution is 2.40. The highest BCUT2D eigenvalue weighted by atomic mass is 79.9. The van der Waals surface area contributed by atoms with E-state index >= 15 is 0 Å². The van der Waals surface area contributed by atoms with Crippen LogP contribution < -0.4 is 19.5 Å². The molecule has 0 bridgehead atoms. The summed E-state index contributed by atoms with van der Waals surface area (Å²) in [6, 6.07) is 9.51. The van der Waals surface area contributed by atoms with E-state index in [-0.39, 0.29) is 0 Å². The molecule has 124 valence electrons. The lowest BCUT2D eigenvalue weighted by Crippen LogP contribution is -1.99. The lowest BCUT2D eigenvalue weighted by molar-refractivity contribution is 0.324. The minimum Gasteiger partial charge on any atom is -0.493 e. The molecule has 7 heteroatoms. The van der Waals surface area contributed by atoms with Gasteiger partial charge in [0.25, 0.3) is 0 Å². The Hall–Kier alpha value is -2.54. The molecule has 1 N–H and O–H groups in total. The molecule has 0 saturated heterocycles. The lowest BCUT2D eigenvalue weighted by atomic mass is 10.2. The van der Waals surface area contributed by atoms with Crippen LogP contribution in [-0.2, 0) is 0 Å². The molecule has 0 amide bonds. The summed E-state index contributed by atoms with van der Waals surface area (Å²) in [4.78, 5) is 8.62. The summed E-state index contributed by atoms with van der Waals surface area (Å²) in [5, 5.41) is 4.20. The van der Waals surface area contributed by atoms with E-state index in [1.54, 1.807) is 21.3 Å². The Morgan fingerprint density at radius 3 is 2.25 bits per heavy atom. The molecule has 3 rings (SSSR count). The van der Waals surface area contributed by atoms with Crippen LogP contribution in [0.15, 0.2) is 41.1 Å². The van der Waals surface area contributed by atoms with Crippen LogP contribution in [0.4, 0.5) is 11.5 Å². The van der Waals surface area contributed by atoms with Crippen molar-refractivity contribution >= 4 is 38.3 Å². The average Bonchev–Trinajstić information content (AvgIpc) is 2.60. The second kappa shape index (κ2) is 6.92. The van der Waals surface area contributed by atoms with Gasteiger partial charge in [-0.3, -0.25) is 0 Å². The Kier molecular flexibility index (Phi) is 4.71. The number of fused-ring (bicyclic) bond motifs is 1. The summed E-state index contributed by atoms with van der Waals surface area (Å²) < 4.78 is 17.1.